The van der Waals surface area contributed by atoms with Gasteiger partial charge >= 0.3 is 0 Å². The number of nitrogens with zero attached hydrogens (tertiary/aromatic N) is 4. The van der Waals surface area contributed by atoms with Crippen molar-refractivity contribution in [1.29, 1.82) is 0 Å². The van der Waals surface area contributed by atoms with Gasteiger partial charge in [-0.15, -0.1) is 0 Å². The Balaban J connectivity index is 1.63. The Morgan fingerprint density at radius 2 is 2.15 bits per heavy atom. The molecule has 1 aromatic heterocycles. The average molecular weight is 381 g/mol. The van der Waals surface area contributed by atoms with Crippen molar-refractivity contribution in [3.8, 4) is 0 Å². The largest absolute Gasteiger partial charge is 0.383 e. The van der Waals surface area contributed by atoms with E-state index in [9.17, 15) is 8.42 Å². The third-order valence-electron chi connectivity index (χ3n) is 5.95. The van der Waals surface area contributed by atoms with E-state index >= 15 is 0 Å². The lowest BCUT2D eigenvalue weighted by molar-refractivity contribution is 0.160. The lowest BCUT2D eigenvalue weighted by Gasteiger charge is -2.32. The van der Waals surface area contributed by atoms with Crippen LogP contribution in [-0.4, -0.2) is 75.0 Å². The Kier molecular flexibility index (Phi) is 4.92. The van der Waals surface area contributed by atoms with Crippen LogP contribution in [0, 0.1) is 5.92 Å². The van der Waals surface area contributed by atoms with E-state index in [2.05, 4.69) is 21.7 Å². The van der Waals surface area contributed by atoms with Crippen LogP contribution in [-0.2, 0) is 20.3 Å². The van der Waals surface area contributed by atoms with Gasteiger partial charge in [-0.3, -0.25) is 4.90 Å². The molecule has 0 bridgehead atoms. The first-order valence-corrected chi connectivity index (χ1v) is 11.2. The molecule has 7 nitrogen and oxygen atoms in total. The summed E-state index contributed by atoms with van der Waals surface area (Å²) in [5, 5.41) is -0.352. The zero-order chi connectivity index (χ0) is 18.3. The Labute approximate surface area is 155 Å². The van der Waals surface area contributed by atoms with Crippen molar-refractivity contribution in [3.05, 3.63) is 17.5 Å². The van der Waals surface area contributed by atoms with E-state index < -0.39 is 9.84 Å². The fraction of sp³-hybridized carbons (Fsp3) is 0.778. The highest BCUT2D eigenvalue weighted by molar-refractivity contribution is 7.91. The summed E-state index contributed by atoms with van der Waals surface area (Å²) in [5.74, 6) is 1.43. The molecule has 0 aliphatic carbocycles. The number of rotatable bonds is 4. The highest BCUT2D eigenvalue weighted by atomic mass is 32.2. The predicted molar refractivity (Wildman–Crippen MR) is 100 cm³/mol. The number of fused-ring (bicyclic) bond motifs is 3. The van der Waals surface area contributed by atoms with Crippen LogP contribution < -0.4 is 4.90 Å². The summed E-state index contributed by atoms with van der Waals surface area (Å²) in [5.41, 5.74) is 1.74. The van der Waals surface area contributed by atoms with Gasteiger partial charge in [-0.2, -0.15) is 0 Å². The minimum atomic E-state index is -3.15. The zero-order valence-corrected chi connectivity index (χ0v) is 16.4. The van der Waals surface area contributed by atoms with Gasteiger partial charge < -0.3 is 9.64 Å². The number of sulfone groups is 1. The Hall–Kier alpha value is -1.25. The fourth-order valence-electron chi connectivity index (χ4n) is 4.57. The van der Waals surface area contributed by atoms with Crippen LogP contribution in [0.4, 0.5) is 5.95 Å². The fourth-order valence-corrected chi connectivity index (χ4v) is 6.59. The molecule has 2 saturated heterocycles. The molecule has 0 saturated carbocycles. The Bertz CT molecular complexity index is 770. The topological polar surface area (TPSA) is 75.6 Å². The molecule has 3 atom stereocenters. The van der Waals surface area contributed by atoms with Crippen molar-refractivity contribution < 1.29 is 13.2 Å². The van der Waals surface area contributed by atoms with E-state index in [1.807, 2.05) is 0 Å². The second-order valence-electron chi connectivity index (χ2n) is 7.98. The second kappa shape index (κ2) is 7.05. The van der Waals surface area contributed by atoms with E-state index in [4.69, 9.17) is 9.72 Å². The minimum absolute atomic E-state index is 0.0513. The van der Waals surface area contributed by atoms with Gasteiger partial charge in [0.25, 0.3) is 0 Å². The lowest BCUT2D eigenvalue weighted by Crippen LogP contribution is -2.38. The van der Waals surface area contributed by atoms with Gasteiger partial charge in [0, 0.05) is 57.5 Å². The molecule has 0 N–H and O–H groups in total. The van der Waals surface area contributed by atoms with E-state index in [1.54, 1.807) is 13.3 Å². The van der Waals surface area contributed by atoms with Crippen LogP contribution in [0.25, 0.3) is 0 Å². The number of piperidine rings is 1. The molecule has 0 radical (unpaired) electrons. The average Bonchev–Trinajstić information content (AvgIpc) is 3.05. The number of ether oxygens (including phenoxy) is 1. The van der Waals surface area contributed by atoms with Crippen molar-refractivity contribution in [2.45, 2.75) is 36.7 Å². The van der Waals surface area contributed by atoms with Gasteiger partial charge in [-0.25, -0.2) is 18.4 Å². The predicted octanol–water partition coefficient (Wildman–Crippen LogP) is 1.06. The van der Waals surface area contributed by atoms with Crippen molar-refractivity contribution in [2.75, 3.05) is 51.3 Å². The quantitative estimate of drug-likeness (QED) is 0.773. The van der Waals surface area contributed by atoms with Gasteiger partial charge in [0.2, 0.25) is 5.95 Å². The molecule has 26 heavy (non-hydrogen) atoms. The smallest absolute Gasteiger partial charge is 0.225 e. The molecule has 1 aromatic rings. The number of aromatic nitrogens is 2. The van der Waals surface area contributed by atoms with Crippen LogP contribution >= 0.6 is 0 Å². The summed E-state index contributed by atoms with van der Waals surface area (Å²) >= 11 is 0. The van der Waals surface area contributed by atoms with Crippen molar-refractivity contribution >= 4 is 15.8 Å². The maximum Gasteiger partial charge on any atom is 0.225 e. The maximum atomic E-state index is 12.8. The van der Waals surface area contributed by atoms with Crippen molar-refractivity contribution in [1.82, 2.24) is 14.9 Å². The number of hydrogen-bond donors (Lipinski definition) is 0. The minimum Gasteiger partial charge on any atom is -0.383 e. The van der Waals surface area contributed by atoms with Gasteiger partial charge in [0.1, 0.15) is 0 Å². The van der Waals surface area contributed by atoms with Crippen LogP contribution in [0.2, 0.25) is 0 Å². The van der Waals surface area contributed by atoms with E-state index in [0.717, 1.165) is 49.8 Å². The Morgan fingerprint density at radius 3 is 2.92 bits per heavy atom. The highest BCUT2D eigenvalue weighted by Crippen LogP contribution is 2.39. The monoisotopic (exact) mass is 380 g/mol. The van der Waals surface area contributed by atoms with E-state index in [0.29, 0.717) is 19.1 Å². The first-order valence-electron chi connectivity index (χ1n) is 9.51. The molecule has 3 aliphatic rings. The summed E-state index contributed by atoms with van der Waals surface area (Å²) in [6.45, 7) is 6.91. The number of methoxy groups -OCH3 is 1. The van der Waals surface area contributed by atoms with Gasteiger partial charge in [0.15, 0.2) is 9.84 Å². The number of anilines is 1. The molecule has 4 heterocycles. The number of likely N-dealkylation sites (tertiary alicyclic amines) is 1. The van der Waals surface area contributed by atoms with Crippen LogP contribution in [0.1, 0.15) is 36.9 Å². The molecule has 8 heteroatoms. The molecule has 0 spiro atoms. The molecular formula is C18H28N4O3S. The van der Waals surface area contributed by atoms with Gasteiger partial charge in [0.05, 0.1) is 23.3 Å². The third-order valence-corrected chi connectivity index (χ3v) is 8.06. The van der Waals surface area contributed by atoms with E-state index in [1.165, 1.54) is 6.42 Å². The normalized spacial score (nSPS) is 30.8. The molecule has 3 aliphatic heterocycles. The molecule has 144 valence electrons. The van der Waals surface area contributed by atoms with Crippen LogP contribution in [0.3, 0.4) is 0 Å². The first kappa shape index (κ1) is 18.1. The summed E-state index contributed by atoms with van der Waals surface area (Å²) < 4.78 is 30.7. The molecule has 0 aromatic carbocycles. The van der Waals surface area contributed by atoms with Gasteiger partial charge in [-0.05, 0) is 18.8 Å². The second-order valence-corrected chi connectivity index (χ2v) is 10.2. The third kappa shape index (κ3) is 3.34. The summed E-state index contributed by atoms with van der Waals surface area (Å²) in [7, 11) is -1.48. The van der Waals surface area contributed by atoms with Gasteiger partial charge in [-0.1, -0.05) is 6.92 Å². The summed E-state index contributed by atoms with van der Waals surface area (Å²) in [6.07, 6.45) is 4.16. The van der Waals surface area contributed by atoms with Crippen LogP contribution in [0.5, 0.6) is 0 Å². The molecular weight excluding hydrogens is 352 g/mol. The summed E-state index contributed by atoms with van der Waals surface area (Å²) in [4.78, 5) is 13.8. The zero-order valence-electron chi connectivity index (χ0n) is 15.6. The Morgan fingerprint density at radius 1 is 1.31 bits per heavy atom. The molecule has 0 amide bonds. The lowest BCUT2D eigenvalue weighted by atomic mass is 9.99. The molecule has 2 fully saturated rings. The van der Waals surface area contributed by atoms with Crippen molar-refractivity contribution in [2.24, 2.45) is 5.92 Å². The molecule has 4 rings (SSSR count). The van der Waals surface area contributed by atoms with Crippen LogP contribution in [0.15, 0.2) is 6.20 Å². The molecule has 0 unspecified atom stereocenters. The SMILES string of the molecule is COCCN1C[C@@H]2c3nc(N4CCC[C@@H](C)C4)ncc3CS(=O)(=O)[C@@H]2C1. The number of hydrogen-bond acceptors (Lipinski definition) is 7. The van der Waals surface area contributed by atoms with E-state index in [-0.39, 0.29) is 16.9 Å². The first-order chi connectivity index (χ1) is 12.5. The summed E-state index contributed by atoms with van der Waals surface area (Å²) in [6, 6.07) is 0. The highest BCUT2D eigenvalue weighted by Gasteiger charge is 2.47. The maximum absolute atomic E-state index is 12.8. The standard InChI is InChI=1S/C18H28N4O3S/c1-13-4-3-5-22(9-13)18-19-8-14-12-26(23,24)16-11-21(6-7-25-2)10-15(16)17(14)20-18/h8,13,15-16H,3-7,9-12H2,1-2H3/t13-,15+,16-/m1/s1. The van der Waals surface area contributed by atoms with Crippen molar-refractivity contribution in [3.63, 3.8) is 0 Å².